The van der Waals surface area contributed by atoms with Gasteiger partial charge in [0.25, 0.3) is 11.6 Å². The van der Waals surface area contributed by atoms with E-state index >= 15 is 0 Å². The highest BCUT2D eigenvalue weighted by Crippen LogP contribution is 2.27. The summed E-state index contributed by atoms with van der Waals surface area (Å²) in [4.78, 5) is 34.4. The van der Waals surface area contributed by atoms with Crippen LogP contribution in [0.2, 0.25) is 0 Å². The summed E-state index contributed by atoms with van der Waals surface area (Å²) in [6.45, 7) is 0.847. The Morgan fingerprint density at radius 1 is 1.15 bits per heavy atom. The van der Waals surface area contributed by atoms with Gasteiger partial charge >= 0.3 is 5.97 Å². The van der Waals surface area contributed by atoms with E-state index in [1.165, 1.54) is 36.4 Å². The summed E-state index contributed by atoms with van der Waals surface area (Å²) in [7, 11) is -3.66. The Morgan fingerprint density at radius 3 is 2.44 bits per heavy atom. The van der Waals surface area contributed by atoms with Crippen molar-refractivity contribution in [1.29, 1.82) is 0 Å². The first-order valence-corrected chi connectivity index (χ1v) is 9.50. The second kappa shape index (κ2) is 7.96. The summed E-state index contributed by atoms with van der Waals surface area (Å²) in [5.74, 6) is -1.79. The highest BCUT2D eigenvalue weighted by molar-refractivity contribution is 7.90. The van der Waals surface area contributed by atoms with Gasteiger partial charge in [-0.15, -0.1) is 0 Å². The molecule has 27 heavy (non-hydrogen) atoms. The van der Waals surface area contributed by atoms with Gasteiger partial charge in [-0.1, -0.05) is 24.3 Å². The zero-order valence-corrected chi connectivity index (χ0v) is 15.3. The molecule has 0 saturated carbocycles. The average Bonchev–Trinajstić information content (AvgIpc) is 2.60. The number of benzene rings is 2. The number of nitrogens with zero attached hydrogens (tertiary/aromatic N) is 1. The van der Waals surface area contributed by atoms with Crippen LogP contribution >= 0.6 is 0 Å². The molecule has 1 N–H and O–H groups in total. The lowest BCUT2D eigenvalue weighted by atomic mass is 10.1. The van der Waals surface area contributed by atoms with Crippen LogP contribution in [0, 0.1) is 17.0 Å². The zero-order chi connectivity index (χ0) is 20.2. The molecule has 0 atom stereocenters. The van der Waals surface area contributed by atoms with Crippen molar-refractivity contribution < 1.29 is 27.7 Å². The Morgan fingerprint density at radius 2 is 1.81 bits per heavy atom. The van der Waals surface area contributed by atoms with E-state index in [-0.39, 0.29) is 21.8 Å². The molecule has 2 rings (SSSR count). The number of carbonyl (C=O) groups excluding carboxylic acids is 2. The van der Waals surface area contributed by atoms with E-state index in [4.69, 9.17) is 4.74 Å². The van der Waals surface area contributed by atoms with Gasteiger partial charge in [0.2, 0.25) is 0 Å². The van der Waals surface area contributed by atoms with Crippen molar-refractivity contribution >= 4 is 33.1 Å². The number of sulfone groups is 1. The number of hydrogen-bond acceptors (Lipinski definition) is 7. The summed E-state index contributed by atoms with van der Waals surface area (Å²) in [6.07, 6.45) is 0.948. The van der Waals surface area contributed by atoms with Crippen molar-refractivity contribution in [2.75, 3.05) is 18.2 Å². The Balaban J connectivity index is 2.12. The van der Waals surface area contributed by atoms with Crippen LogP contribution in [0.25, 0.3) is 0 Å². The molecule has 0 radical (unpaired) electrons. The number of carbonyl (C=O) groups is 2. The summed E-state index contributed by atoms with van der Waals surface area (Å²) in [5.41, 5.74) is -0.0295. The topological polar surface area (TPSA) is 133 Å². The lowest BCUT2D eigenvalue weighted by Gasteiger charge is -2.10. The minimum Gasteiger partial charge on any atom is -0.452 e. The van der Waals surface area contributed by atoms with Crippen LogP contribution < -0.4 is 5.32 Å². The van der Waals surface area contributed by atoms with Crippen LogP contribution in [-0.4, -0.2) is 38.1 Å². The first-order valence-electron chi connectivity index (χ1n) is 7.61. The fourth-order valence-corrected chi connectivity index (χ4v) is 3.19. The summed E-state index contributed by atoms with van der Waals surface area (Å²) in [6, 6.07) is 9.73. The second-order valence-electron chi connectivity index (χ2n) is 5.62. The standard InChI is InChI=1S/C17H16N2O7S/c1-11-6-5-8-13(19(22)23)16(11)18-15(20)10-26-17(21)12-7-3-4-9-14(12)27(2,24)25/h3-9H,10H2,1-2H3,(H,18,20). The van der Waals surface area contributed by atoms with Gasteiger partial charge in [0.1, 0.15) is 5.69 Å². The number of ether oxygens (including phenoxy) is 1. The first-order chi connectivity index (χ1) is 12.6. The number of nitrogens with one attached hydrogen (secondary N) is 1. The van der Waals surface area contributed by atoms with Gasteiger partial charge < -0.3 is 10.1 Å². The number of nitro benzene ring substituents is 1. The average molecular weight is 392 g/mol. The van der Waals surface area contributed by atoms with Gasteiger partial charge in [-0.25, -0.2) is 13.2 Å². The maximum absolute atomic E-state index is 12.1. The largest absolute Gasteiger partial charge is 0.452 e. The monoisotopic (exact) mass is 392 g/mol. The van der Waals surface area contributed by atoms with Gasteiger partial charge in [0.15, 0.2) is 16.4 Å². The molecule has 0 unspecified atom stereocenters. The molecular weight excluding hydrogens is 376 g/mol. The van der Waals surface area contributed by atoms with Crippen molar-refractivity contribution in [3.05, 3.63) is 63.7 Å². The molecule has 0 bridgehead atoms. The molecule has 142 valence electrons. The Hall–Kier alpha value is -3.27. The molecule has 1 amide bonds. The molecule has 9 nitrogen and oxygen atoms in total. The van der Waals surface area contributed by atoms with Crippen molar-refractivity contribution in [2.45, 2.75) is 11.8 Å². The van der Waals surface area contributed by atoms with E-state index in [0.29, 0.717) is 5.56 Å². The molecule has 2 aromatic rings. The lowest BCUT2D eigenvalue weighted by Crippen LogP contribution is -2.22. The SMILES string of the molecule is Cc1cccc([N+](=O)[O-])c1NC(=O)COC(=O)c1ccccc1S(C)(=O)=O. The second-order valence-corrected chi connectivity index (χ2v) is 7.60. The number of amides is 1. The summed E-state index contributed by atoms with van der Waals surface area (Å²) in [5, 5.41) is 13.4. The zero-order valence-electron chi connectivity index (χ0n) is 14.5. The van der Waals surface area contributed by atoms with Crippen molar-refractivity contribution in [1.82, 2.24) is 0 Å². The maximum atomic E-state index is 12.1. The highest BCUT2D eigenvalue weighted by Gasteiger charge is 2.21. The minimum atomic E-state index is -3.66. The molecule has 10 heteroatoms. The van der Waals surface area contributed by atoms with Crippen LogP contribution in [0.5, 0.6) is 0 Å². The smallest absolute Gasteiger partial charge is 0.339 e. The molecule has 0 aliphatic rings. The lowest BCUT2D eigenvalue weighted by molar-refractivity contribution is -0.384. The van der Waals surface area contributed by atoms with Crippen molar-refractivity contribution in [3.63, 3.8) is 0 Å². The molecule has 0 heterocycles. The van der Waals surface area contributed by atoms with Gasteiger partial charge in [-0.05, 0) is 24.6 Å². The molecule has 2 aromatic carbocycles. The Kier molecular flexibility index (Phi) is 5.91. The van der Waals surface area contributed by atoms with E-state index in [1.54, 1.807) is 13.0 Å². The number of hydrogen-bond donors (Lipinski definition) is 1. The van der Waals surface area contributed by atoms with Gasteiger partial charge in [0.05, 0.1) is 15.4 Å². The Labute approximate surface area is 155 Å². The van der Waals surface area contributed by atoms with E-state index < -0.39 is 33.2 Å². The number of nitro groups is 1. The third-order valence-corrected chi connectivity index (χ3v) is 4.71. The Bertz CT molecular complexity index is 1020. The van der Waals surface area contributed by atoms with E-state index in [9.17, 15) is 28.1 Å². The van der Waals surface area contributed by atoms with Crippen molar-refractivity contribution in [2.24, 2.45) is 0 Å². The third-order valence-electron chi connectivity index (χ3n) is 3.55. The molecule has 0 spiro atoms. The van der Waals surface area contributed by atoms with Crippen LogP contribution in [0.15, 0.2) is 47.4 Å². The molecular formula is C17H16N2O7S. The fraction of sp³-hybridized carbons (Fsp3) is 0.176. The van der Waals surface area contributed by atoms with Crippen LogP contribution in [0.1, 0.15) is 15.9 Å². The van der Waals surface area contributed by atoms with Crippen molar-refractivity contribution in [3.8, 4) is 0 Å². The summed E-state index contributed by atoms with van der Waals surface area (Å²) >= 11 is 0. The number of rotatable bonds is 6. The molecule has 0 fully saturated rings. The first kappa shape index (κ1) is 20.0. The van der Waals surface area contributed by atoms with Crippen LogP contribution in [-0.2, 0) is 19.4 Å². The number of para-hydroxylation sites is 1. The number of aryl methyl sites for hydroxylation is 1. The predicted octanol–water partition coefficient (Wildman–Crippen LogP) is 2.10. The highest BCUT2D eigenvalue weighted by atomic mass is 32.2. The molecule has 0 aliphatic heterocycles. The number of esters is 1. The predicted molar refractivity (Wildman–Crippen MR) is 96.3 cm³/mol. The number of anilines is 1. The van der Waals surface area contributed by atoms with E-state index in [0.717, 1.165) is 6.26 Å². The maximum Gasteiger partial charge on any atom is 0.339 e. The molecule has 0 saturated heterocycles. The van der Waals surface area contributed by atoms with Gasteiger partial charge in [0, 0.05) is 12.3 Å². The van der Waals surface area contributed by atoms with Gasteiger partial charge in [-0.3, -0.25) is 14.9 Å². The minimum absolute atomic E-state index is 0.0000788. The van der Waals surface area contributed by atoms with E-state index in [1.807, 2.05) is 0 Å². The van der Waals surface area contributed by atoms with Gasteiger partial charge in [-0.2, -0.15) is 0 Å². The third kappa shape index (κ3) is 4.88. The molecule has 0 aliphatic carbocycles. The summed E-state index contributed by atoms with van der Waals surface area (Å²) < 4.78 is 28.3. The van der Waals surface area contributed by atoms with E-state index in [2.05, 4.69) is 5.32 Å². The quantitative estimate of drug-likeness (QED) is 0.452. The van der Waals surface area contributed by atoms with Crippen LogP contribution in [0.4, 0.5) is 11.4 Å². The fourth-order valence-electron chi connectivity index (χ4n) is 2.31. The normalized spacial score (nSPS) is 10.9. The molecule has 0 aromatic heterocycles. The van der Waals surface area contributed by atoms with Crippen LogP contribution in [0.3, 0.4) is 0 Å².